The third-order valence-electron chi connectivity index (χ3n) is 14.7. The topological polar surface area (TPSA) is 50.9 Å². The number of aromatic hydroxyl groups is 1. The number of hydrogen-bond acceptors (Lipinski definition) is 3. The van der Waals surface area contributed by atoms with Crippen LogP contribution in [0.2, 0.25) is 0 Å². The summed E-state index contributed by atoms with van der Waals surface area (Å²) in [4.78, 5) is 10.6. The summed E-state index contributed by atoms with van der Waals surface area (Å²) in [5, 5.41) is 12.4. The molecule has 352 valence electrons. The van der Waals surface area contributed by atoms with Crippen molar-refractivity contribution in [1.29, 1.82) is 0 Å². The van der Waals surface area contributed by atoms with Crippen LogP contribution in [0.5, 0.6) is 5.75 Å². The summed E-state index contributed by atoms with van der Waals surface area (Å²) in [6, 6.07) is 70.8. The molecule has 4 nitrogen and oxygen atoms in total. The molecule has 0 unspecified atom stereocenters. The van der Waals surface area contributed by atoms with Gasteiger partial charge in [-0.2, -0.15) is 0 Å². The molecule has 0 radical (unpaired) electrons. The average molecular weight is 1100 g/mol. The molecule has 8 aromatic carbocycles. The normalized spacial score (nSPS) is 14.6. The standard InChI is InChI=1S/C66H56N3O.Pt/c70-65-58(51-22-6-2-7-23-51)27-14-28-59(65)66-68-64-57(26-15-29-63(64)69(66)62-35-32-48(39-46-18-12-13-19-46)40-60(62)52-24-8-3-9-25-52)55-41-54(49-20-4-1-5-21-49)42-56(43-55)61-44-53(36-37-67-61)50-33-30-47(31-34-50)38-45-16-10-11-17-45;/h1-9,14-15,20-37,40-42,44-46,70H,10-13,16-19,38-39H2;/q-1;/i38D2;. The number of fused-ring (bicyclic) bond motifs is 1. The number of para-hydroxylation sites is 2. The van der Waals surface area contributed by atoms with Crippen LogP contribution < -0.4 is 0 Å². The molecule has 2 heterocycles. The second kappa shape index (κ2) is 20.7. The van der Waals surface area contributed by atoms with Gasteiger partial charge in [-0.1, -0.05) is 220 Å². The zero-order chi connectivity index (χ0) is 48.6. The Bertz CT molecular complexity index is 3550. The summed E-state index contributed by atoms with van der Waals surface area (Å²) < 4.78 is 20.2. The van der Waals surface area contributed by atoms with Crippen LogP contribution in [0.15, 0.2) is 200 Å². The second-order valence-corrected chi connectivity index (χ2v) is 19.3. The van der Waals surface area contributed by atoms with E-state index in [2.05, 4.69) is 120 Å². The minimum atomic E-state index is -1.35. The van der Waals surface area contributed by atoms with E-state index in [1.165, 1.54) is 31.2 Å². The summed E-state index contributed by atoms with van der Waals surface area (Å²) in [7, 11) is 0. The van der Waals surface area contributed by atoms with Gasteiger partial charge in [0.2, 0.25) is 0 Å². The molecule has 0 saturated heterocycles. The van der Waals surface area contributed by atoms with Gasteiger partial charge in [-0.3, -0.25) is 9.55 Å². The second-order valence-electron chi connectivity index (χ2n) is 19.3. The third-order valence-corrected chi connectivity index (χ3v) is 14.7. The minimum Gasteiger partial charge on any atom is -0.507 e. The quantitative estimate of drug-likeness (QED) is 0.124. The van der Waals surface area contributed by atoms with E-state index in [1.54, 1.807) is 0 Å². The predicted octanol–water partition coefficient (Wildman–Crippen LogP) is 17.1. The van der Waals surface area contributed by atoms with Crippen molar-refractivity contribution in [2.75, 3.05) is 0 Å². The number of phenols is 1. The molecule has 2 aliphatic rings. The van der Waals surface area contributed by atoms with E-state index in [0.29, 0.717) is 17.3 Å². The molecular formula is C66H56N3OPt-. The number of aromatic nitrogens is 3. The Balaban J connectivity index is 0.00000574. The SMILES string of the molecule is [2H]C([2H])(c1ccc(-c2ccnc(-c3[c-]c(-c4cccc5c4nc(-c4cccc(-c6ccccc6)c4O)n5-c4ccc(CC5CCCC5)cc4-c4ccccc4)cc(-c4ccccc4)c3)c2)cc1)C1CCCC1.[Pt]. The molecule has 0 spiro atoms. The van der Waals surface area contributed by atoms with E-state index in [4.69, 9.17) is 12.7 Å². The van der Waals surface area contributed by atoms with Gasteiger partial charge in [-0.05, 0) is 93.9 Å². The van der Waals surface area contributed by atoms with Gasteiger partial charge in [0.05, 0.1) is 22.3 Å². The van der Waals surface area contributed by atoms with E-state index in [-0.39, 0.29) is 32.7 Å². The van der Waals surface area contributed by atoms with Crippen LogP contribution in [0.1, 0.15) is 65.2 Å². The number of hydrogen-bond donors (Lipinski definition) is 1. The van der Waals surface area contributed by atoms with Gasteiger partial charge in [0.25, 0.3) is 0 Å². The Labute approximate surface area is 435 Å². The Kier molecular flexibility index (Phi) is 12.8. The summed E-state index contributed by atoms with van der Waals surface area (Å²) in [6.45, 7) is 0. The number of pyridine rings is 1. The number of rotatable bonds is 12. The van der Waals surface area contributed by atoms with Gasteiger partial charge in [-0.25, -0.2) is 4.98 Å². The molecule has 0 atom stereocenters. The first-order valence-corrected chi connectivity index (χ1v) is 25.1. The van der Waals surface area contributed by atoms with Gasteiger partial charge >= 0.3 is 0 Å². The van der Waals surface area contributed by atoms with Gasteiger partial charge in [-0.15, -0.1) is 23.8 Å². The van der Waals surface area contributed by atoms with E-state index >= 15 is 0 Å². The molecule has 2 saturated carbocycles. The maximum absolute atomic E-state index is 12.4. The summed E-state index contributed by atoms with van der Waals surface area (Å²) in [5.74, 6) is 1.58. The number of imidazole rings is 1. The molecule has 0 amide bonds. The third kappa shape index (κ3) is 9.59. The molecule has 1 N–H and O–H groups in total. The molecule has 12 rings (SSSR count). The Hall–Kier alpha value is -7.13. The summed E-state index contributed by atoms with van der Waals surface area (Å²) >= 11 is 0. The average Bonchev–Trinajstić information content (AvgIpc) is 4.26. The zero-order valence-electron chi connectivity index (χ0n) is 41.7. The van der Waals surface area contributed by atoms with Gasteiger partial charge in [0.15, 0.2) is 0 Å². The molecule has 2 fully saturated rings. The number of benzene rings is 8. The zero-order valence-corrected chi connectivity index (χ0v) is 41.9. The van der Waals surface area contributed by atoms with Crippen LogP contribution in [0.4, 0.5) is 0 Å². The van der Waals surface area contributed by atoms with Gasteiger partial charge < -0.3 is 5.11 Å². The Morgan fingerprint density at radius 2 is 1.10 bits per heavy atom. The molecular weight excluding hydrogens is 1050 g/mol. The molecule has 0 bridgehead atoms. The van der Waals surface area contributed by atoms with Crippen molar-refractivity contribution in [2.45, 2.75) is 64.2 Å². The van der Waals surface area contributed by atoms with E-state index in [1.807, 2.05) is 91.1 Å². The van der Waals surface area contributed by atoms with Crippen molar-refractivity contribution >= 4 is 11.0 Å². The molecule has 71 heavy (non-hydrogen) atoms. The predicted molar refractivity (Wildman–Crippen MR) is 289 cm³/mol. The minimum absolute atomic E-state index is 0. The molecule has 2 aromatic heterocycles. The Morgan fingerprint density at radius 3 is 1.82 bits per heavy atom. The van der Waals surface area contributed by atoms with Crippen LogP contribution in [-0.4, -0.2) is 19.6 Å². The number of nitrogens with zero attached hydrogens (tertiary/aromatic N) is 3. The van der Waals surface area contributed by atoms with Crippen molar-refractivity contribution in [3.05, 3.63) is 218 Å². The van der Waals surface area contributed by atoms with Crippen LogP contribution in [0, 0.1) is 17.9 Å². The van der Waals surface area contributed by atoms with E-state index < -0.39 is 6.37 Å². The van der Waals surface area contributed by atoms with Crippen LogP contribution >= 0.6 is 0 Å². The van der Waals surface area contributed by atoms with Crippen LogP contribution in [0.3, 0.4) is 0 Å². The number of phenolic OH excluding ortho intramolecular Hbond substituents is 1. The Morgan fingerprint density at radius 1 is 0.507 bits per heavy atom. The van der Waals surface area contributed by atoms with E-state index in [0.717, 1.165) is 121 Å². The van der Waals surface area contributed by atoms with Gasteiger partial charge in [0, 0.05) is 46.8 Å². The van der Waals surface area contributed by atoms with Crippen molar-refractivity contribution < 1.29 is 28.9 Å². The first-order chi connectivity index (χ1) is 35.4. The first kappa shape index (κ1) is 43.9. The fourth-order valence-electron chi connectivity index (χ4n) is 11.1. The first-order valence-electron chi connectivity index (χ1n) is 26.1. The summed E-state index contributed by atoms with van der Waals surface area (Å²) in [5.41, 5.74) is 16.8. The van der Waals surface area contributed by atoms with Crippen molar-refractivity contribution in [3.63, 3.8) is 0 Å². The van der Waals surface area contributed by atoms with Crippen LogP contribution in [-0.2, 0) is 33.9 Å². The maximum Gasteiger partial charge on any atom is 0.148 e. The van der Waals surface area contributed by atoms with E-state index in [9.17, 15) is 5.11 Å². The largest absolute Gasteiger partial charge is 0.507 e. The molecule has 5 heteroatoms. The molecule has 2 aliphatic carbocycles. The van der Waals surface area contributed by atoms with Gasteiger partial charge in [0.1, 0.15) is 11.6 Å². The van der Waals surface area contributed by atoms with Crippen molar-refractivity contribution in [2.24, 2.45) is 11.8 Å². The smallest absolute Gasteiger partial charge is 0.148 e. The van der Waals surface area contributed by atoms with Crippen molar-refractivity contribution in [3.8, 4) is 89.7 Å². The van der Waals surface area contributed by atoms with Crippen LogP contribution in [0.25, 0.3) is 95.0 Å². The maximum atomic E-state index is 12.4. The monoisotopic (exact) mass is 1100 g/mol. The van der Waals surface area contributed by atoms with Crippen molar-refractivity contribution in [1.82, 2.24) is 14.5 Å². The molecule has 0 aliphatic heterocycles. The fourth-order valence-corrected chi connectivity index (χ4v) is 11.1. The summed E-state index contributed by atoms with van der Waals surface area (Å²) in [6.07, 6.45) is 10.8. The molecule has 10 aromatic rings. The fraction of sp³-hybridized carbons (Fsp3) is 0.182.